The molecule has 0 amide bonds. The standard InChI is InChI=1S/C14H22N2O2S2/c1-9(17)11-10(15)12(19-3)13(20-11)16-7-4-5-14(2,18)6-8-16/h18H,4-8,15H2,1-3H3. The Hall–Kier alpha value is -0.720. The number of hydrogen-bond acceptors (Lipinski definition) is 6. The summed E-state index contributed by atoms with van der Waals surface area (Å²) in [6.45, 7) is 5.16. The SMILES string of the molecule is CSc1c(N2CCCC(C)(O)CC2)sc(C(C)=O)c1N. The third-order valence-corrected chi connectivity index (χ3v) is 6.07. The lowest BCUT2D eigenvalue weighted by Crippen LogP contribution is -2.28. The van der Waals surface area contributed by atoms with Crippen LogP contribution >= 0.6 is 23.1 Å². The number of carbonyl (C=O) groups excluding carboxylic acids is 1. The van der Waals surface area contributed by atoms with Gasteiger partial charge in [0.2, 0.25) is 0 Å². The lowest BCUT2D eigenvalue weighted by molar-refractivity contribution is 0.0481. The molecule has 1 aromatic heterocycles. The summed E-state index contributed by atoms with van der Waals surface area (Å²) < 4.78 is 0. The molecule has 2 rings (SSSR count). The second kappa shape index (κ2) is 5.95. The van der Waals surface area contributed by atoms with Gasteiger partial charge in [-0.1, -0.05) is 0 Å². The van der Waals surface area contributed by atoms with Crippen LogP contribution in [0.4, 0.5) is 10.7 Å². The van der Waals surface area contributed by atoms with E-state index in [1.165, 1.54) is 11.3 Å². The van der Waals surface area contributed by atoms with Crippen molar-refractivity contribution in [1.29, 1.82) is 0 Å². The topological polar surface area (TPSA) is 66.6 Å². The van der Waals surface area contributed by atoms with Gasteiger partial charge in [-0.3, -0.25) is 4.79 Å². The second-order valence-corrected chi connectivity index (χ2v) is 7.39. The van der Waals surface area contributed by atoms with Crippen LogP contribution in [0.1, 0.15) is 42.8 Å². The molecular weight excluding hydrogens is 292 g/mol. The number of thioether (sulfide) groups is 1. The molecule has 1 unspecified atom stereocenters. The quantitative estimate of drug-likeness (QED) is 0.663. The van der Waals surface area contributed by atoms with Crippen LogP contribution in [0.2, 0.25) is 0 Å². The zero-order valence-corrected chi connectivity index (χ0v) is 13.9. The molecule has 0 saturated carbocycles. The van der Waals surface area contributed by atoms with Gasteiger partial charge in [0.15, 0.2) is 5.78 Å². The minimum absolute atomic E-state index is 0.0240. The summed E-state index contributed by atoms with van der Waals surface area (Å²) in [5.41, 5.74) is 6.14. The minimum atomic E-state index is -0.583. The van der Waals surface area contributed by atoms with Crippen molar-refractivity contribution >= 4 is 39.6 Å². The predicted molar refractivity (Wildman–Crippen MR) is 87.2 cm³/mol. The van der Waals surface area contributed by atoms with E-state index in [9.17, 15) is 9.90 Å². The molecule has 1 aromatic rings. The third kappa shape index (κ3) is 3.13. The second-order valence-electron chi connectivity index (χ2n) is 5.58. The van der Waals surface area contributed by atoms with Crippen LogP contribution in [0.5, 0.6) is 0 Å². The summed E-state index contributed by atoms with van der Waals surface area (Å²) in [6, 6.07) is 0. The van der Waals surface area contributed by atoms with E-state index in [1.807, 2.05) is 13.2 Å². The molecule has 0 aromatic carbocycles. The van der Waals surface area contributed by atoms with Gasteiger partial charge in [-0.25, -0.2) is 0 Å². The van der Waals surface area contributed by atoms with Gasteiger partial charge in [-0.2, -0.15) is 0 Å². The first kappa shape index (κ1) is 15.7. The number of hydrogen-bond donors (Lipinski definition) is 2. The lowest BCUT2D eigenvalue weighted by Gasteiger charge is -2.23. The Morgan fingerprint density at radius 1 is 1.45 bits per heavy atom. The van der Waals surface area contributed by atoms with Crippen LogP contribution < -0.4 is 10.6 Å². The Labute approximate surface area is 128 Å². The summed E-state index contributed by atoms with van der Waals surface area (Å²) in [4.78, 5) is 15.6. The average molecular weight is 314 g/mol. The van der Waals surface area contributed by atoms with Gasteiger partial charge >= 0.3 is 0 Å². The number of Topliss-reactive ketones (excluding diaryl/α,β-unsaturated/α-hetero) is 1. The van der Waals surface area contributed by atoms with Crippen LogP contribution in [-0.4, -0.2) is 35.8 Å². The summed E-state index contributed by atoms with van der Waals surface area (Å²) in [5, 5.41) is 11.3. The molecule has 1 saturated heterocycles. The van der Waals surface area contributed by atoms with Gasteiger partial charge in [0.25, 0.3) is 0 Å². The van der Waals surface area contributed by atoms with Crippen molar-refractivity contribution < 1.29 is 9.90 Å². The number of anilines is 2. The van der Waals surface area contributed by atoms with Gasteiger partial charge in [-0.15, -0.1) is 23.1 Å². The van der Waals surface area contributed by atoms with Gasteiger partial charge in [-0.05, 0) is 32.4 Å². The van der Waals surface area contributed by atoms with Crippen molar-refractivity contribution in [1.82, 2.24) is 0 Å². The molecule has 0 radical (unpaired) electrons. The van der Waals surface area contributed by atoms with E-state index >= 15 is 0 Å². The molecule has 1 atom stereocenters. The fourth-order valence-electron chi connectivity index (χ4n) is 2.55. The molecule has 1 fully saturated rings. The highest BCUT2D eigenvalue weighted by molar-refractivity contribution is 7.99. The number of carbonyl (C=O) groups is 1. The zero-order chi connectivity index (χ0) is 14.9. The molecule has 4 nitrogen and oxygen atoms in total. The molecule has 2 heterocycles. The first-order valence-corrected chi connectivity index (χ1v) is 8.84. The van der Waals surface area contributed by atoms with E-state index in [2.05, 4.69) is 4.90 Å². The molecule has 0 aliphatic carbocycles. The van der Waals surface area contributed by atoms with Crippen LogP contribution in [0.25, 0.3) is 0 Å². The predicted octanol–water partition coefficient (Wildman–Crippen LogP) is 3.00. The summed E-state index contributed by atoms with van der Waals surface area (Å²) in [5.74, 6) is 0.0240. The summed E-state index contributed by atoms with van der Waals surface area (Å²) in [7, 11) is 0. The molecule has 112 valence electrons. The molecule has 1 aliphatic heterocycles. The molecule has 6 heteroatoms. The van der Waals surface area contributed by atoms with Crippen molar-refractivity contribution in [2.24, 2.45) is 0 Å². The number of thiophene rings is 1. The lowest BCUT2D eigenvalue weighted by atomic mass is 9.98. The number of rotatable bonds is 3. The molecule has 3 N–H and O–H groups in total. The smallest absolute Gasteiger partial charge is 0.171 e. The molecular formula is C14H22N2O2S2. The maximum Gasteiger partial charge on any atom is 0.171 e. The maximum absolute atomic E-state index is 11.7. The molecule has 1 aliphatic rings. The maximum atomic E-state index is 11.7. The Morgan fingerprint density at radius 2 is 2.15 bits per heavy atom. The van der Waals surface area contributed by atoms with E-state index in [0.29, 0.717) is 10.6 Å². The fourth-order valence-corrected chi connectivity index (χ4v) is 4.68. The summed E-state index contributed by atoms with van der Waals surface area (Å²) in [6.07, 6.45) is 4.50. The van der Waals surface area contributed by atoms with Gasteiger partial charge < -0.3 is 15.7 Å². The van der Waals surface area contributed by atoms with Gasteiger partial charge in [0, 0.05) is 20.0 Å². The molecule has 0 bridgehead atoms. The number of ketones is 1. The normalized spacial score (nSPS) is 23.7. The largest absolute Gasteiger partial charge is 0.396 e. The first-order chi connectivity index (χ1) is 9.35. The average Bonchev–Trinajstić information content (AvgIpc) is 2.59. The Balaban J connectivity index is 2.32. The summed E-state index contributed by atoms with van der Waals surface area (Å²) >= 11 is 3.07. The Bertz CT molecular complexity index is 512. The Kier molecular flexibility index (Phi) is 4.66. The number of aliphatic hydroxyl groups is 1. The van der Waals surface area contributed by atoms with E-state index in [0.717, 1.165) is 42.2 Å². The highest BCUT2D eigenvalue weighted by atomic mass is 32.2. The van der Waals surface area contributed by atoms with Crippen LogP contribution in [0.15, 0.2) is 4.90 Å². The van der Waals surface area contributed by atoms with Crippen molar-refractivity contribution in [2.75, 3.05) is 30.0 Å². The molecule has 0 spiro atoms. The number of nitrogen functional groups attached to an aromatic ring is 1. The van der Waals surface area contributed by atoms with Crippen LogP contribution in [0, 0.1) is 0 Å². The van der Waals surface area contributed by atoms with Gasteiger partial charge in [0.05, 0.1) is 21.1 Å². The highest BCUT2D eigenvalue weighted by Crippen LogP contribution is 2.44. The highest BCUT2D eigenvalue weighted by Gasteiger charge is 2.28. The van der Waals surface area contributed by atoms with E-state index in [-0.39, 0.29) is 5.78 Å². The number of nitrogens with zero attached hydrogens (tertiary/aromatic N) is 1. The van der Waals surface area contributed by atoms with E-state index in [4.69, 9.17) is 5.73 Å². The molecule has 20 heavy (non-hydrogen) atoms. The van der Waals surface area contributed by atoms with E-state index < -0.39 is 5.60 Å². The first-order valence-electron chi connectivity index (χ1n) is 6.80. The van der Waals surface area contributed by atoms with Crippen LogP contribution in [-0.2, 0) is 0 Å². The zero-order valence-electron chi connectivity index (χ0n) is 12.2. The van der Waals surface area contributed by atoms with E-state index in [1.54, 1.807) is 18.7 Å². The van der Waals surface area contributed by atoms with Crippen molar-refractivity contribution in [3.8, 4) is 0 Å². The monoisotopic (exact) mass is 314 g/mol. The van der Waals surface area contributed by atoms with Gasteiger partial charge in [0.1, 0.15) is 5.00 Å². The number of nitrogens with two attached hydrogens (primary N) is 1. The van der Waals surface area contributed by atoms with Crippen molar-refractivity contribution in [3.05, 3.63) is 4.88 Å². The Morgan fingerprint density at radius 3 is 2.75 bits per heavy atom. The van der Waals surface area contributed by atoms with Crippen molar-refractivity contribution in [2.45, 2.75) is 43.6 Å². The third-order valence-electron chi connectivity index (χ3n) is 3.76. The van der Waals surface area contributed by atoms with Crippen molar-refractivity contribution in [3.63, 3.8) is 0 Å². The van der Waals surface area contributed by atoms with Crippen LogP contribution in [0.3, 0.4) is 0 Å². The fraction of sp³-hybridized carbons (Fsp3) is 0.643. The minimum Gasteiger partial charge on any atom is -0.396 e.